The minimum Gasteiger partial charge on any atom is -0.248 e. The molecule has 14 rings (SSSR count). The van der Waals surface area contributed by atoms with Crippen LogP contribution in [0.1, 0.15) is 88.2 Å². The van der Waals surface area contributed by atoms with Gasteiger partial charge < -0.3 is 0 Å². The predicted octanol–water partition coefficient (Wildman–Crippen LogP) is 13.0. The lowest BCUT2D eigenvalue weighted by atomic mass is 9.55. The highest BCUT2D eigenvalue weighted by molar-refractivity contribution is 7.71. The molecule has 8 aliphatic rings. The second kappa shape index (κ2) is 13.6. The van der Waals surface area contributed by atoms with E-state index in [0.29, 0.717) is 10.3 Å². The summed E-state index contributed by atoms with van der Waals surface area (Å²) in [6.45, 7) is 0. The second-order valence-electron chi connectivity index (χ2n) is 19.5. The van der Waals surface area contributed by atoms with Crippen LogP contribution in [0, 0.1) is 35.5 Å². The first kappa shape index (κ1) is 34.6. The van der Waals surface area contributed by atoms with Crippen molar-refractivity contribution in [1.29, 1.82) is 0 Å². The SMILES string of the molecule is c1ccc(-c2ccc(CP(C34CC5CC(CC(C5)C3)C4)C34CC5CC(CC(C5)C3)C4)c(CP(c3ccc4ccccc4n3)c3ccc4ccccc4n3)c2)cc1. The van der Waals surface area contributed by atoms with E-state index < -0.39 is 7.92 Å². The van der Waals surface area contributed by atoms with Gasteiger partial charge in [-0.1, -0.05) is 105 Å². The second-order valence-corrected chi connectivity index (χ2v) is 24.7. The van der Waals surface area contributed by atoms with Gasteiger partial charge in [0.15, 0.2) is 0 Å². The number of fused-ring (bicyclic) bond motifs is 2. The molecule has 0 atom stereocenters. The summed E-state index contributed by atoms with van der Waals surface area (Å²) in [5.74, 6) is 6.03. The van der Waals surface area contributed by atoms with E-state index in [1.165, 1.54) is 38.9 Å². The molecule has 0 radical (unpaired) electrons. The summed E-state index contributed by atoms with van der Waals surface area (Å²) < 4.78 is 0. The third kappa shape index (κ3) is 6.03. The van der Waals surface area contributed by atoms with Crippen molar-refractivity contribution in [2.75, 3.05) is 0 Å². The molecule has 4 aromatic carbocycles. The first-order valence-electron chi connectivity index (χ1n) is 22.0. The van der Waals surface area contributed by atoms with Crippen LogP contribution in [0.3, 0.4) is 0 Å². The van der Waals surface area contributed by atoms with E-state index in [1.54, 1.807) is 88.2 Å². The zero-order chi connectivity index (χ0) is 36.8. The molecule has 8 aliphatic carbocycles. The molecule has 0 saturated heterocycles. The maximum absolute atomic E-state index is 5.45. The van der Waals surface area contributed by atoms with Crippen molar-refractivity contribution < 1.29 is 0 Å². The molecular weight excluding hydrogens is 715 g/mol. The van der Waals surface area contributed by atoms with Crippen molar-refractivity contribution >= 4 is 48.5 Å². The van der Waals surface area contributed by atoms with Gasteiger partial charge in [-0.15, -0.1) is 0 Å². The molecule has 0 aliphatic heterocycles. The fourth-order valence-electron chi connectivity index (χ4n) is 14.4. The number of para-hydroxylation sites is 2. The number of pyridine rings is 2. The Morgan fingerprint density at radius 1 is 0.429 bits per heavy atom. The highest BCUT2D eigenvalue weighted by atomic mass is 31.1. The van der Waals surface area contributed by atoms with Crippen LogP contribution in [0.5, 0.6) is 0 Å². The summed E-state index contributed by atoms with van der Waals surface area (Å²) in [5, 5.41) is 3.63. The van der Waals surface area contributed by atoms with Crippen LogP contribution in [0.15, 0.2) is 121 Å². The Hall–Kier alpha value is -3.44. The van der Waals surface area contributed by atoms with E-state index in [0.717, 1.165) is 52.7 Å². The molecule has 8 bridgehead atoms. The van der Waals surface area contributed by atoms with Crippen LogP contribution in [-0.2, 0) is 12.3 Å². The standard InChI is InChI=1S/C52H54N2P2/c1-2-8-41(9-3-1)44-14-15-45(34-56(51-27-35-20-36(28-51)22-37(21-35)29-51)52-30-38-23-39(31-52)25-40(24-38)32-52)46(26-44)33-55(49-18-16-42-10-4-6-12-47(42)53-49)50-19-17-43-11-5-7-13-48(43)54-50/h1-19,26,35-40H,20-25,27-34H2. The molecule has 2 heterocycles. The summed E-state index contributed by atoms with van der Waals surface area (Å²) >= 11 is 0. The maximum Gasteiger partial charge on any atom is 0.0709 e. The fourth-order valence-corrected chi connectivity index (χ4v) is 21.8. The highest BCUT2D eigenvalue weighted by Gasteiger charge is 2.62. The zero-order valence-corrected chi connectivity index (χ0v) is 34.5. The zero-order valence-electron chi connectivity index (χ0n) is 32.7. The molecule has 8 fully saturated rings. The number of aromatic nitrogens is 2. The van der Waals surface area contributed by atoms with Crippen molar-refractivity contribution in [3.63, 3.8) is 0 Å². The van der Waals surface area contributed by atoms with Gasteiger partial charge in [-0.25, -0.2) is 9.97 Å². The van der Waals surface area contributed by atoms with Gasteiger partial charge in [-0.2, -0.15) is 0 Å². The van der Waals surface area contributed by atoms with Gasteiger partial charge in [0.25, 0.3) is 0 Å². The lowest BCUT2D eigenvalue weighted by Gasteiger charge is -2.67. The monoisotopic (exact) mass is 768 g/mol. The molecule has 0 amide bonds. The van der Waals surface area contributed by atoms with E-state index in [-0.39, 0.29) is 7.92 Å². The summed E-state index contributed by atoms with van der Waals surface area (Å²) in [6, 6.07) is 45.4. The molecule has 56 heavy (non-hydrogen) atoms. The number of rotatable bonds is 9. The quantitative estimate of drug-likeness (QED) is 0.137. The van der Waals surface area contributed by atoms with E-state index in [2.05, 4.69) is 121 Å². The van der Waals surface area contributed by atoms with Crippen LogP contribution in [-0.4, -0.2) is 20.3 Å². The average Bonchev–Trinajstić information content (AvgIpc) is 3.21. The van der Waals surface area contributed by atoms with Crippen LogP contribution in [0.2, 0.25) is 0 Å². The predicted molar refractivity (Wildman–Crippen MR) is 238 cm³/mol. The molecule has 0 N–H and O–H groups in total. The van der Waals surface area contributed by atoms with E-state index >= 15 is 0 Å². The van der Waals surface area contributed by atoms with Gasteiger partial charge in [0.1, 0.15) is 0 Å². The third-order valence-corrected chi connectivity index (χ3v) is 22.2. The first-order valence-corrected chi connectivity index (χ1v) is 25.0. The summed E-state index contributed by atoms with van der Waals surface area (Å²) in [7, 11) is -1.04. The number of nitrogens with zero attached hydrogens (tertiary/aromatic N) is 2. The molecule has 2 nitrogen and oxygen atoms in total. The van der Waals surface area contributed by atoms with Gasteiger partial charge in [-0.3, -0.25) is 0 Å². The molecule has 0 spiro atoms. The molecule has 282 valence electrons. The number of hydrogen-bond acceptors (Lipinski definition) is 2. The fraction of sp³-hybridized carbons (Fsp3) is 0.423. The first-order chi connectivity index (χ1) is 27.5. The Kier molecular flexibility index (Phi) is 8.38. The van der Waals surface area contributed by atoms with Crippen LogP contribution in [0.4, 0.5) is 0 Å². The molecule has 6 aromatic rings. The molecule has 2 aromatic heterocycles. The lowest BCUT2D eigenvalue weighted by Crippen LogP contribution is -2.56. The summed E-state index contributed by atoms with van der Waals surface area (Å²) in [6.07, 6.45) is 20.9. The van der Waals surface area contributed by atoms with Crippen LogP contribution in [0.25, 0.3) is 32.9 Å². The Morgan fingerprint density at radius 2 is 0.893 bits per heavy atom. The van der Waals surface area contributed by atoms with Gasteiger partial charge in [0.05, 0.1) is 21.9 Å². The van der Waals surface area contributed by atoms with E-state index in [9.17, 15) is 0 Å². The maximum atomic E-state index is 5.45. The Morgan fingerprint density at radius 3 is 1.39 bits per heavy atom. The smallest absolute Gasteiger partial charge is 0.0709 e. The topological polar surface area (TPSA) is 25.8 Å². The Balaban J connectivity index is 1.01. The largest absolute Gasteiger partial charge is 0.248 e. The Labute approximate surface area is 335 Å². The normalized spacial score (nSPS) is 31.8. The van der Waals surface area contributed by atoms with E-state index in [4.69, 9.17) is 9.97 Å². The van der Waals surface area contributed by atoms with Crippen LogP contribution < -0.4 is 10.9 Å². The van der Waals surface area contributed by atoms with Gasteiger partial charge in [0, 0.05) is 24.9 Å². The van der Waals surface area contributed by atoms with Gasteiger partial charge >= 0.3 is 0 Å². The highest BCUT2D eigenvalue weighted by Crippen LogP contribution is 2.79. The minimum atomic E-state index is -0.865. The van der Waals surface area contributed by atoms with Gasteiger partial charge in [-0.05, 0) is 176 Å². The molecule has 4 heteroatoms. The molecule has 8 saturated carbocycles. The summed E-state index contributed by atoms with van der Waals surface area (Å²) in [5.41, 5.74) is 10.5. The van der Waals surface area contributed by atoms with E-state index in [1.807, 2.05) is 0 Å². The van der Waals surface area contributed by atoms with Crippen molar-refractivity contribution in [3.8, 4) is 11.1 Å². The van der Waals surface area contributed by atoms with Crippen LogP contribution >= 0.6 is 15.8 Å². The molecular formula is C52H54N2P2. The van der Waals surface area contributed by atoms with Crippen molar-refractivity contribution in [3.05, 3.63) is 132 Å². The molecule has 0 unspecified atom stereocenters. The Bertz CT molecular complexity index is 2240. The summed E-state index contributed by atoms with van der Waals surface area (Å²) in [4.78, 5) is 10.9. The van der Waals surface area contributed by atoms with Gasteiger partial charge in [0.2, 0.25) is 0 Å². The minimum absolute atomic E-state index is 0.170. The van der Waals surface area contributed by atoms with Crippen molar-refractivity contribution in [2.24, 2.45) is 35.5 Å². The van der Waals surface area contributed by atoms with Crippen molar-refractivity contribution in [2.45, 2.75) is 99.7 Å². The average molecular weight is 769 g/mol. The number of benzene rings is 4. The lowest BCUT2D eigenvalue weighted by molar-refractivity contribution is 0.0184. The van der Waals surface area contributed by atoms with Crippen molar-refractivity contribution in [1.82, 2.24) is 9.97 Å². The third-order valence-electron chi connectivity index (χ3n) is 15.8. The number of hydrogen-bond donors (Lipinski definition) is 0.